The average Bonchev–Trinajstić information content (AvgIpc) is 2.60. The minimum absolute atomic E-state index is 0.0127. The highest BCUT2D eigenvalue weighted by molar-refractivity contribution is 6.31. The van der Waals surface area contributed by atoms with Gasteiger partial charge in [-0.05, 0) is 33.8 Å². The van der Waals surface area contributed by atoms with Gasteiger partial charge in [0.1, 0.15) is 13.2 Å². The molecule has 0 fully saturated rings. The number of halogens is 1. The van der Waals surface area contributed by atoms with Crippen LogP contribution >= 0.6 is 11.6 Å². The van der Waals surface area contributed by atoms with Crippen molar-refractivity contribution in [1.82, 2.24) is 14.8 Å². The van der Waals surface area contributed by atoms with Crippen LogP contribution in [0.25, 0.3) is 0 Å². The van der Waals surface area contributed by atoms with Crippen LogP contribution in [0.5, 0.6) is 11.6 Å². The monoisotopic (exact) mass is 381 g/mol. The van der Waals surface area contributed by atoms with Crippen LogP contribution in [0, 0.1) is 0 Å². The molecule has 0 unspecified atom stereocenters. The van der Waals surface area contributed by atoms with E-state index in [9.17, 15) is 4.79 Å². The molecule has 0 aromatic carbocycles. The molecule has 0 N–H and O–H groups in total. The third kappa shape index (κ3) is 5.44. The average molecular weight is 382 g/mol. The summed E-state index contributed by atoms with van der Waals surface area (Å²) in [5.41, 5.74) is -0.0210. The molecule has 0 atom stereocenters. The molecule has 142 valence electrons. The molecule has 0 radical (unpaired) electrons. The van der Waals surface area contributed by atoms with Gasteiger partial charge in [-0.3, -0.25) is 4.79 Å². The van der Waals surface area contributed by atoms with Crippen molar-refractivity contribution in [3.05, 3.63) is 45.5 Å². The SMILES string of the molecule is CCOCCOc1ccc(COc2cnn(C(C)(C)C)c(=O)c2Cl)cn1. The third-order valence-electron chi connectivity index (χ3n) is 3.40. The molecule has 8 heteroatoms. The Hall–Kier alpha value is -2.12. The smallest absolute Gasteiger partial charge is 0.289 e. The standard InChI is InChI=1S/C18H24ClN3O4/c1-5-24-8-9-25-15-7-6-13(10-20-15)12-26-14-11-21-22(18(2,3)4)17(23)16(14)19/h6-7,10-11H,5,8-9,12H2,1-4H3. The summed E-state index contributed by atoms with van der Waals surface area (Å²) < 4.78 is 17.6. The molecule has 0 saturated heterocycles. The van der Waals surface area contributed by atoms with Crippen molar-refractivity contribution in [2.24, 2.45) is 0 Å². The van der Waals surface area contributed by atoms with Gasteiger partial charge < -0.3 is 14.2 Å². The van der Waals surface area contributed by atoms with Crippen molar-refractivity contribution >= 4 is 11.6 Å². The molecule has 0 bridgehead atoms. The van der Waals surface area contributed by atoms with Crippen molar-refractivity contribution in [2.45, 2.75) is 39.8 Å². The van der Waals surface area contributed by atoms with Crippen LogP contribution in [-0.4, -0.2) is 34.6 Å². The molecular formula is C18H24ClN3O4. The van der Waals surface area contributed by atoms with Gasteiger partial charge in [-0.2, -0.15) is 5.10 Å². The number of hydrogen-bond donors (Lipinski definition) is 0. The van der Waals surface area contributed by atoms with E-state index in [-0.39, 0.29) is 22.9 Å². The zero-order chi connectivity index (χ0) is 19.2. The van der Waals surface area contributed by atoms with Gasteiger partial charge in [0, 0.05) is 24.4 Å². The van der Waals surface area contributed by atoms with E-state index in [1.807, 2.05) is 33.8 Å². The minimum Gasteiger partial charge on any atom is -0.485 e. The molecule has 2 heterocycles. The zero-order valence-corrected chi connectivity index (χ0v) is 16.2. The first-order chi connectivity index (χ1) is 12.3. The fourth-order valence-electron chi connectivity index (χ4n) is 2.09. The number of pyridine rings is 1. The second-order valence-corrected chi connectivity index (χ2v) is 6.93. The summed E-state index contributed by atoms with van der Waals surface area (Å²) in [5, 5.41) is 4.15. The van der Waals surface area contributed by atoms with Crippen LogP contribution in [0.4, 0.5) is 0 Å². The van der Waals surface area contributed by atoms with E-state index in [1.165, 1.54) is 10.9 Å². The van der Waals surface area contributed by atoms with Crippen LogP contribution in [0.2, 0.25) is 5.02 Å². The number of hydrogen-bond acceptors (Lipinski definition) is 6. The maximum absolute atomic E-state index is 12.3. The summed E-state index contributed by atoms with van der Waals surface area (Å²) in [5.74, 6) is 0.759. The summed E-state index contributed by atoms with van der Waals surface area (Å²) >= 11 is 6.13. The fraction of sp³-hybridized carbons (Fsp3) is 0.500. The van der Waals surface area contributed by atoms with Gasteiger partial charge in [-0.1, -0.05) is 11.6 Å². The topological polar surface area (TPSA) is 75.5 Å². The molecule has 2 rings (SSSR count). The molecule has 0 saturated carbocycles. The Kier molecular flexibility index (Phi) is 6.99. The largest absolute Gasteiger partial charge is 0.485 e. The third-order valence-corrected chi connectivity index (χ3v) is 3.74. The first kappa shape index (κ1) is 20.2. The Bertz CT molecular complexity index is 769. The van der Waals surface area contributed by atoms with Gasteiger partial charge in [-0.15, -0.1) is 0 Å². The first-order valence-corrected chi connectivity index (χ1v) is 8.77. The molecular weight excluding hydrogens is 358 g/mol. The summed E-state index contributed by atoms with van der Waals surface area (Å²) in [4.78, 5) is 16.5. The zero-order valence-electron chi connectivity index (χ0n) is 15.5. The molecule has 26 heavy (non-hydrogen) atoms. The van der Waals surface area contributed by atoms with Gasteiger partial charge in [0.25, 0.3) is 5.56 Å². The maximum Gasteiger partial charge on any atom is 0.289 e. The first-order valence-electron chi connectivity index (χ1n) is 8.39. The van der Waals surface area contributed by atoms with Crippen LogP contribution in [-0.2, 0) is 16.9 Å². The highest BCUT2D eigenvalue weighted by Crippen LogP contribution is 2.22. The van der Waals surface area contributed by atoms with Crippen LogP contribution in [0.15, 0.2) is 29.3 Å². The number of rotatable bonds is 8. The lowest BCUT2D eigenvalue weighted by Gasteiger charge is -2.21. The van der Waals surface area contributed by atoms with E-state index in [1.54, 1.807) is 12.3 Å². The molecule has 0 amide bonds. The van der Waals surface area contributed by atoms with E-state index >= 15 is 0 Å². The van der Waals surface area contributed by atoms with Crippen molar-refractivity contribution < 1.29 is 14.2 Å². The van der Waals surface area contributed by atoms with E-state index in [2.05, 4.69) is 10.1 Å². The number of ether oxygens (including phenoxy) is 3. The predicted octanol–water partition coefficient (Wildman–Crippen LogP) is 3.04. The van der Waals surface area contributed by atoms with Gasteiger partial charge >= 0.3 is 0 Å². The molecule has 0 aliphatic rings. The van der Waals surface area contributed by atoms with Crippen molar-refractivity contribution in [3.63, 3.8) is 0 Å². The van der Waals surface area contributed by atoms with Gasteiger partial charge in [0.05, 0.1) is 18.3 Å². The van der Waals surface area contributed by atoms with Crippen LogP contribution in [0.3, 0.4) is 0 Å². The normalized spacial score (nSPS) is 11.4. The Morgan fingerprint density at radius 3 is 2.54 bits per heavy atom. The van der Waals surface area contributed by atoms with Crippen LogP contribution in [0.1, 0.15) is 33.3 Å². The summed E-state index contributed by atoms with van der Waals surface area (Å²) in [7, 11) is 0. The number of nitrogens with zero attached hydrogens (tertiary/aromatic N) is 3. The van der Waals surface area contributed by atoms with Crippen molar-refractivity contribution in [1.29, 1.82) is 0 Å². The predicted molar refractivity (Wildman–Crippen MR) is 99.1 cm³/mol. The van der Waals surface area contributed by atoms with Crippen molar-refractivity contribution in [2.75, 3.05) is 19.8 Å². The molecule has 0 aliphatic carbocycles. The van der Waals surface area contributed by atoms with Gasteiger partial charge in [0.15, 0.2) is 10.8 Å². The second-order valence-electron chi connectivity index (χ2n) is 6.55. The molecule has 0 aliphatic heterocycles. The summed E-state index contributed by atoms with van der Waals surface area (Å²) in [6, 6.07) is 3.59. The maximum atomic E-state index is 12.3. The highest BCUT2D eigenvalue weighted by atomic mass is 35.5. The Labute approximate surface area is 157 Å². The summed E-state index contributed by atoms with van der Waals surface area (Å²) in [6.45, 7) is 9.40. The molecule has 2 aromatic heterocycles. The van der Waals surface area contributed by atoms with E-state index in [0.717, 1.165) is 5.56 Å². The Morgan fingerprint density at radius 2 is 1.92 bits per heavy atom. The lowest BCUT2D eigenvalue weighted by atomic mass is 10.1. The van der Waals surface area contributed by atoms with Crippen molar-refractivity contribution in [3.8, 4) is 11.6 Å². The Balaban J connectivity index is 1.97. The van der Waals surface area contributed by atoms with E-state index in [4.69, 9.17) is 25.8 Å². The Morgan fingerprint density at radius 1 is 1.15 bits per heavy atom. The molecule has 2 aromatic rings. The lowest BCUT2D eigenvalue weighted by Crippen LogP contribution is -2.36. The lowest BCUT2D eigenvalue weighted by molar-refractivity contribution is 0.108. The minimum atomic E-state index is -0.457. The molecule has 0 spiro atoms. The highest BCUT2D eigenvalue weighted by Gasteiger charge is 2.20. The van der Waals surface area contributed by atoms with Crippen LogP contribution < -0.4 is 15.0 Å². The second kappa shape index (κ2) is 9.00. The van der Waals surface area contributed by atoms with Gasteiger partial charge in [-0.25, -0.2) is 9.67 Å². The van der Waals surface area contributed by atoms with Gasteiger partial charge in [0.2, 0.25) is 5.88 Å². The van der Waals surface area contributed by atoms with E-state index in [0.29, 0.717) is 25.7 Å². The quantitative estimate of drug-likeness (QED) is 0.654. The molecule has 7 nitrogen and oxygen atoms in total. The summed E-state index contributed by atoms with van der Waals surface area (Å²) in [6.07, 6.45) is 3.10. The van der Waals surface area contributed by atoms with E-state index < -0.39 is 5.54 Å². The fourth-order valence-corrected chi connectivity index (χ4v) is 2.27. The number of aromatic nitrogens is 3.